The maximum absolute atomic E-state index is 14.1. The number of hydrogen-bond donors (Lipinski definition) is 1. The number of nitrogens with one attached hydrogen (secondary N) is 1. The second-order valence-corrected chi connectivity index (χ2v) is 9.53. The zero-order valence-electron chi connectivity index (χ0n) is 14.2. The Kier molecular flexibility index (Phi) is 6.08. The van der Waals surface area contributed by atoms with Gasteiger partial charge in [0.05, 0.1) is 4.90 Å². The third-order valence-corrected chi connectivity index (χ3v) is 7.05. The van der Waals surface area contributed by atoms with Crippen molar-refractivity contribution in [2.45, 2.75) is 27.9 Å². The van der Waals surface area contributed by atoms with Gasteiger partial charge in [-0.2, -0.15) is 26.3 Å². The monoisotopic (exact) mass is 461 g/mol. The summed E-state index contributed by atoms with van der Waals surface area (Å²) in [6.45, 7) is -0.911. The second kappa shape index (κ2) is 7.61. The summed E-state index contributed by atoms with van der Waals surface area (Å²) in [6.07, 6.45) is 0. The van der Waals surface area contributed by atoms with E-state index in [2.05, 4.69) is 0 Å². The van der Waals surface area contributed by atoms with Crippen LogP contribution in [0.15, 0.2) is 65.6 Å². The van der Waals surface area contributed by atoms with Gasteiger partial charge in [0.15, 0.2) is 0 Å². The van der Waals surface area contributed by atoms with Crippen molar-refractivity contribution < 1.29 is 43.2 Å². The predicted octanol–water partition coefficient (Wildman–Crippen LogP) is 3.40. The number of alkyl halides is 6. The molecule has 0 saturated heterocycles. The third kappa shape index (κ3) is 3.85. The molecule has 29 heavy (non-hydrogen) atoms. The molecule has 0 saturated carbocycles. The molecule has 0 fully saturated rings. The lowest BCUT2D eigenvalue weighted by Crippen LogP contribution is -2.62. The zero-order valence-corrected chi connectivity index (χ0v) is 15.8. The largest absolute Gasteiger partial charge is 0.428 e. The quantitative estimate of drug-likeness (QED) is 0.612. The highest BCUT2D eigenvalue weighted by Gasteiger charge is 2.81. The van der Waals surface area contributed by atoms with Crippen molar-refractivity contribution in [3.8, 4) is 0 Å². The average Bonchev–Trinajstić information content (AvgIpc) is 2.67. The highest BCUT2D eigenvalue weighted by molar-refractivity contribution is 7.93. The fraction of sp³-hybridized carbons (Fsp3) is 0.250. The minimum Gasteiger partial charge on any atom is -0.217 e. The van der Waals surface area contributed by atoms with Gasteiger partial charge in [-0.05, 0) is 17.7 Å². The summed E-state index contributed by atoms with van der Waals surface area (Å²) in [7, 11) is -12.8. The van der Waals surface area contributed by atoms with Crippen LogP contribution in [0.25, 0.3) is 0 Å². The maximum atomic E-state index is 14.1. The lowest BCUT2D eigenvalue weighted by Gasteiger charge is -2.31. The first-order valence-electron chi connectivity index (χ1n) is 7.65. The van der Waals surface area contributed by atoms with E-state index >= 15 is 0 Å². The fourth-order valence-electron chi connectivity index (χ4n) is 2.12. The van der Waals surface area contributed by atoms with Gasteiger partial charge in [-0.3, -0.25) is 0 Å². The third-order valence-electron chi connectivity index (χ3n) is 3.77. The standard InChI is InChI=1S/C16H13F6NO4S2/c17-14(18,15(19,20)28(24,25)13-9-5-2-6-10-13)16(21,22)29(26,27)23-11-12-7-3-1-4-8-12/h1-10,23H,11H2. The Morgan fingerprint density at radius 2 is 1.14 bits per heavy atom. The maximum Gasteiger partial charge on any atom is 0.428 e. The number of benzene rings is 2. The molecule has 160 valence electrons. The Hall–Kier alpha value is -2.12. The highest BCUT2D eigenvalue weighted by atomic mass is 32.2. The number of hydrogen-bond acceptors (Lipinski definition) is 4. The molecular formula is C16H13F6NO4S2. The normalized spacial score (nSPS) is 14.0. The van der Waals surface area contributed by atoms with E-state index < -0.39 is 47.7 Å². The topological polar surface area (TPSA) is 80.3 Å². The van der Waals surface area contributed by atoms with Gasteiger partial charge in [-0.1, -0.05) is 48.5 Å². The van der Waals surface area contributed by atoms with Crippen LogP contribution in [0.1, 0.15) is 5.56 Å². The van der Waals surface area contributed by atoms with Crippen molar-refractivity contribution in [3.05, 3.63) is 66.2 Å². The molecule has 0 aliphatic heterocycles. The summed E-state index contributed by atoms with van der Waals surface area (Å²) in [6, 6.07) is 10.7. The van der Waals surface area contributed by atoms with Gasteiger partial charge in [-0.25, -0.2) is 21.6 Å². The number of sulfonamides is 1. The van der Waals surface area contributed by atoms with Crippen LogP contribution in [0.2, 0.25) is 0 Å². The summed E-state index contributed by atoms with van der Waals surface area (Å²) in [4.78, 5) is -1.38. The van der Waals surface area contributed by atoms with Crippen molar-refractivity contribution >= 4 is 19.9 Å². The van der Waals surface area contributed by atoms with Crippen molar-refractivity contribution in [2.75, 3.05) is 0 Å². The molecular weight excluding hydrogens is 448 g/mol. The molecule has 2 aromatic carbocycles. The van der Waals surface area contributed by atoms with Crippen LogP contribution in [-0.4, -0.2) is 33.3 Å². The van der Waals surface area contributed by atoms with Gasteiger partial charge < -0.3 is 0 Å². The molecule has 0 aromatic heterocycles. The molecule has 0 bridgehead atoms. The molecule has 0 atom stereocenters. The first kappa shape index (κ1) is 23.2. The highest BCUT2D eigenvalue weighted by Crippen LogP contribution is 2.52. The first-order chi connectivity index (χ1) is 13.2. The van der Waals surface area contributed by atoms with Crippen LogP contribution >= 0.6 is 0 Å². The lowest BCUT2D eigenvalue weighted by atomic mass is 10.2. The van der Waals surface area contributed by atoms with Crippen molar-refractivity contribution in [3.63, 3.8) is 0 Å². The number of sulfone groups is 1. The van der Waals surface area contributed by atoms with E-state index in [-0.39, 0.29) is 5.56 Å². The number of rotatable bonds is 8. The smallest absolute Gasteiger partial charge is 0.217 e. The van der Waals surface area contributed by atoms with Gasteiger partial charge in [0.1, 0.15) is 0 Å². The van der Waals surface area contributed by atoms with Crippen molar-refractivity contribution in [1.82, 2.24) is 4.72 Å². The zero-order chi connectivity index (χ0) is 22.1. The molecule has 0 spiro atoms. The minimum atomic E-state index is -6.79. The van der Waals surface area contributed by atoms with E-state index in [1.807, 2.05) is 0 Å². The van der Waals surface area contributed by atoms with E-state index in [9.17, 15) is 43.2 Å². The van der Waals surface area contributed by atoms with Gasteiger partial charge in [0.2, 0.25) is 9.84 Å². The van der Waals surface area contributed by atoms with E-state index in [0.29, 0.717) is 12.1 Å². The molecule has 5 nitrogen and oxygen atoms in total. The molecule has 0 aliphatic rings. The van der Waals surface area contributed by atoms with Gasteiger partial charge in [-0.15, -0.1) is 0 Å². The Bertz CT molecular complexity index is 1060. The molecule has 0 unspecified atom stereocenters. The van der Waals surface area contributed by atoms with E-state index in [0.717, 1.165) is 16.9 Å². The van der Waals surface area contributed by atoms with Crippen LogP contribution in [0.3, 0.4) is 0 Å². The van der Waals surface area contributed by atoms with Gasteiger partial charge in [0, 0.05) is 6.54 Å². The molecule has 0 radical (unpaired) electrons. The molecule has 13 heteroatoms. The predicted molar refractivity (Wildman–Crippen MR) is 90.7 cm³/mol. The van der Waals surface area contributed by atoms with Crippen LogP contribution < -0.4 is 4.72 Å². The molecule has 1 N–H and O–H groups in total. The fourth-order valence-corrected chi connectivity index (χ4v) is 4.46. The van der Waals surface area contributed by atoms with Gasteiger partial charge >= 0.3 is 16.4 Å². The Morgan fingerprint density at radius 3 is 1.62 bits per heavy atom. The molecule has 0 aliphatic carbocycles. The lowest BCUT2D eigenvalue weighted by molar-refractivity contribution is -0.244. The van der Waals surface area contributed by atoms with Crippen LogP contribution in [0.5, 0.6) is 0 Å². The van der Waals surface area contributed by atoms with Crippen LogP contribution in [-0.2, 0) is 26.4 Å². The minimum absolute atomic E-state index is 0.0684. The SMILES string of the molecule is O=S(=O)(NCc1ccccc1)C(F)(F)C(F)(F)C(F)(F)S(=O)(=O)c1ccccc1. The molecule has 0 amide bonds. The Balaban J connectivity index is 2.43. The van der Waals surface area contributed by atoms with E-state index in [4.69, 9.17) is 0 Å². The average molecular weight is 461 g/mol. The summed E-state index contributed by atoms with van der Waals surface area (Å²) in [5, 5.41) is -12.9. The van der Waals surface area contributed by atoms with E-state index in [1.54, 1.807) is 0 Å². The summed E-state index contributed by atoms with van der Waals surface area (Å²) < 4.78 is 133. The molecule has 2 rings (SSSR count). The Morgan fingerprint density at radius 1 is 0.690 bits per heavy atom. The molecule has 0 heterocycles. The second-order valence-electron chi connectivity index (χ2n) is 5.73. The van der Waals surface area contributed by atoms with E-state index in [1.165, 1.54) is 36.4 Å². The van der Waals surface area contributed by atoms with Gasteiger partial charge in [0.25, 0.3) is 10.0 Å². The van der Waals surface area contributed by atoms with Crippen LogP contribution in [0, 0.1) is 0 Å². The number of halogens is 6. The van der Waals surface area contributed by atoms with Crippen LogP contribution in [0.4, 0.5) is 26.3 Å². The van der Waals surface area contributed by atoms with Crippen molar-refractivity contribution in [2.24, 2.45) is 0 Å². The molecule has 2 aromatic rings. The summed E-state index contributed by atoms with van der Waals surface area (Å²) in [5.41, 5.74) is 0.0684. The van der Waals surface area contributed by atoms with Crippen molar-refractivity contribution in [1.29, 1.82) is 0 Å². The summed E-state index contributed by atoms with van der Waals surface area (Å²) in [5.74, 6) is -6.79. The first-order valence-corrected chi connectivity index (χ1v) is 10.6. The Labute approximate surface area is 162 Å². The summed E-state index contributed by atoms with van der Waals surface area (Å²) >= 11 is 0.